The van der Waals surface area contributed by atoms with E-state index in [2.05, 4.69) is 29.2 Å². The highest BCUT2D eigenvalue weighted by atomic mass is 15.2. The Morgan fingerprint density at radius 3 is 2.39 bits per heavy atom. The fraction of sp³-hybridized carbons (Fsp3) is 0.714. The lowest BCUT2D eigenvalue weighted by Crippen LogP contribution is -2.38. The summed E-state index contributed by atoms with van der Waals surface area (Å²) in [4.78, 5) is 11.8. The van der Waals surface area contributed by atoms with Crippen LogP contribution in [0.5, 0.6) is 0 Å². The average molecular weight is 246 g/mol. The van der Waals surface area contributed by atoms with Gasteiger partial charge in [0.2, 0.25) is 0 Å². The molecule has 0 atom stereocenters. The third-order valence-electron chi connectivity index (χ3n) is 4.27. The molecular formula is C14H22N4. The molecule has 2 aliphatic carbocycles. The normalized spacial score (nSPS) is 19.5. The number of nitrogens with one attached hydrogen (secondary N) is 1. The van der Waals surface area contributed by atoms with Crippen molar-refractivity contribution in [3.8, 4) is 0 Å². The molecule has 0 unspecified atom stereocenters. The largest absolute Gasteiger partial charge is 0.373 e. The van der Waals surface area contributed by atoms with Crippen LogP contribution in [0.2, 0.25) is 0 Å². The zero-order valence-electron chi connectivity index (χ0n) is 11.5. The van der Waals surface area contributed by atoms with Gasteiger partial charge >= 0.3 is 0 Å². The number of hydrogen-bond donors (Lipinski definition) is 1. The molecule has 0 radical (unpaired) electrons. The van der Waals surface area contributed by atoms with E-state index in [0.29, 0.717) is 12.0 Å². The fourth-order valence-corrected chi connectivity index (χ4v) is 2.58. The monoisotopic (exact) mass is 246 g/mol. The molecule has 0 amide bonds. The van der Waals surface area contributed by atoms with E-state index in [1.807, 2.05) is 7.05 Å². The van der Waals surface area contributed by atoms with Crippen molar-refractivity contribution >= 4 is 11.6 Å². The van der Waals surface area contributed by atoms with Crippen LogP contribution in [-0.4, -0.2) is 30.1 Å². The molecule has 98 valence electrons. The van der Waals surface area contributed by atoms with E-state index in [9.17, 15) is 0 Å². The minimum atomic E-state index is 0.603. The highest BCUT2D eigenvalue weighted by molar-refractivity contribution is 5.59. The molecule has 4 nitrogen and oxygen atoms in total. The predicted molar refractivity (Wildman–Crippen MR) is 74.3 cm³/mol. The second-order valence-electron chi connectivity index (χ2n) is 5.60. The Morgan fingerprint density at radius 2 is 1.89 bits per heavy atom. The Kier molecular flexibility index (Phi) is 2.88. The summed E-state index contributed by atoms with van der Waals surface area (Å²) in [5, 5.41) is 3.21. The van der Waals surface area contributed by atoms with Gasteiger partial charge in [-0.05, 0) is 39.0 Å². The molecule has 1 heterocycles. The lowest BCUT2D eigenvalue weighted by molar-refractivity contribution is 0.398. The highest BCUT2D eigenvalue weighted by Crippen LogP contribution is 2.40. The fourth-order valence-electron chi connectivity index (χ4n) is 2.58. The molecular weight excluding hydrogens is 224 g/mol. The van der Waals surface area contributed by atoms with Crippen LogP contribution >= 0.6 is 0 Å². The quantitative estimate of drug-likeness (QED) is 0.887. The van der Waals surface area contributed by atoms with Gasteiger partial charge in [0.05, 0.1) is 0 Å². The first kappa shape index (κ1) is 11.8. The molecule has 2 saturated carbocycles. The van der Waals surface area contributed by atoms with Gasteiger partial charge in [0.15, 0.2) is 0 Å². The van der Waals surface area contributed by atoms with Gasteiger partial charge in [0, 0.05) is 31.6 Å². The lowest BCUT2D eigenvalue weighted by atomic mass is 9.91. The molecule has 1 N–H and O–H groups in total. The smallest absolute Gasteiger partial charge is 0.137 e. The summed E-state index contributed by atoms with van der Waals surface area (Å²) in [5.41, 5.74) is 1.18. The zero-order chi connectivity index (χ0) is 12.7. The molecule has 18 heavy (non-hydrogen) atoms. The minimum Gasteiger partial charge on any atom is -0.373 e. The average Bonchev–Trinajstić information content (AvgIpc) is 3.10. The summed E-state index contributed by atoms with van der Waals surface area (Å²) < 4.78 is 0. The molecule has 2 aliphatic rings. The number of nitrogens with zero attached hydrogens (tertiary/aromatic N) is 3. The summed E-state index contributed by atoms with van der Waals surface area (Å²) >= 11 is 0. The van der Waals surface area contributed by atoms with E-state index >= 15 is 0 Å². The van der Waals surface area contributed by atoms with Gasteiger partial charge in [-0.25, -0.2) is 9.97 Å². The first-order valence-electron chi connectivity index (χ1n) is 7.00. The summed E-state index contributed by atoms with van der Waals surface area (Å²) in [5.74, 6) is 3.76. The van der Waals surface area contributed by atoms with Crippen molar-refractivity contribution in [2.45, 2.75) is 51.0 Å². The topological polar surface area (TPSA) is 41.1 Å². The van der Waals surface area contributed by atoms with Crippen LogP contribution < -0.4 is 10.2 Å². The van der Waals surface area contributed by atoms with Gasteiger partial charge in [0.25, 0.3) is 0 Å². The summed E-state index contributed by atoms with van der Waals surface area (Å²) in [6, 6.07) is 0.676. The molecule has 3 rings (SSSR count). The Morgan fingerprint density at radius 1 is 1.17 bits per heavy atom. The number of anilines is 2. The van der Waals surface area contributed by atoms with Crippen LogP contribution in [0.1, 0.15) is 49.4 Å². The Labute approximate surface area is 109 Å². The maximum atomic E-state index is 4.82. The van der Waals surface area contributed by atoms with E-state index in [1.165, 1.54) is 37.7 Å². The van der Waals surface area contributed by atoms with Gasteiger partial charge in [-0.1, -0.05) is 0 Å². The lowest BCUT2D eigenvalue weighted by Gasteiger charge is -2.36. The zero-order valence-corrected chi connectivity index (χ0v) is 11.5. The maximum Gasteiger partial charge on any atom is 0.137 e. The molecule has 1 aromatic heterocycles. The summed E-state index contributed by atoms with van der Waals surface area (Å²) in [6.07, 6.45) is 6.45. The van der Waals surface area contributed by atoms with Gasteiger partial charge in [-0.2, -0.15) is 0 Å². The molecule has 2 fully saturated rings. The Balaban J connectivity index is 1.97. The predicted octanol–water partition coefficient (Wildman–Crippen LogP) is 2.69. The Bertz CT molecular complexity index is 449. The van der Waals surface area contributed by atoms with Crippen LogP contribution in [0.4, 0.5) is 11.6 Å². The van der Waals surface area contributed by atoms with E-state index in [-0.39, 0.29) is 0 Å². The van der Waals surface area contributed by atoms with E-state index in [0.717, 1.165) is 17.5 Å². The molecule has 0 aromatic carbocycles. The van der Waals surface area contributed by atoms with Crippen LogP contribution in [0.15, 0.2) is 0 Å². The van der Waals surface area contributed by atoms with Crippen molar-refractivity contribution in [3.05, 3.63) is 11.4 Å². The number of hydrogen-bond acceptors (Lipinski definition) is 4. The number of aromatic nitrogens is 2. The standard InChI is InChI=1S/C14H22N4/c1-9-12(15-2)16-13(10-7-8-10)17-14(9)18(3)11-5-4-6-11/h10-11H,4-8H2,1-3H3,(H,15,16,17). The molecule has 0 saturated heterocycles. The Hall–Kier alpha value is -1.32. The van der Waals surface area contributed by atoms with Crippen molar-refractivity contribution in [1.29, 1.82) is 0 Å². The van der Waals surface area contributed by atoms with E-state index < -0.39 is 0 Å². The summed E-state index contributed by atoms with van der Waals surface area (Å²) in [6.45, 7) is 2.12. The molecule has 4 heteroatoms. The van der Waals surface area contributed by atoms with Crippen molar-refractivity contribution in [3.63, 3.8) is 0 Å². The van der Waals surface area contributed by atoms with E-state index in [4.69, 9.17) is 4.98 Å². The maximum absolute atomic E-state index is 4.82. The highest BCUT2D eigenvalue weighted by Gasteiger charge is 2.30. The van der Waals surface area contributed by atoms with Crippen LogP contribution in [0.25, 0.3) is 0 Å². The van der Waals surface area contributed by atoms with Crippen molar-refractivity contribution in [2.75, 3.05) is 24.3 Å². The molecule has 1 aromatic rings. The second kappa shape index (κ2) is 4.41. The van der Waals surface area contributed by atoms with Crippen molar-refractivity contribution < 1.29 is 0 Å². The van der Waals surface area contributed by atoms with Gasteiger partial charge in [0.1, 0.15) is 17.5 Å². The van der Waals surface area contributed by atoms with Gasteiger partial charge in [-0.15, -0.1) is 0 Å². The minimum absolute atomic E-state index is 0.603. The van der Waals surface area contributed by atoms with Crippen molar-refractivity contribution in [2.24, 2.45) is 0 Å². The van der Waals surface area contributed by atoms with Crippen molar-refractivity contribution in [1.82, 2.24) is 9.97 Å². The third kappa shape index (κ3) is 1.93. The van der Waals surface area contributed by atoms with Crippen LogP contribution in [-0.2, 0) is 0 Å². The second-order valence-corrected chi connectivity index (χ2v) is 5.60. The summed E-state index contributed by atoms with van der Waals surface area (Å²) in [7, 11) is 4.12. The van der Waals surface area contributed by atoms with Crippen LogP contribution in [0.3, 0.4) is 0 Å². The van der Waals surface area contributed by atoms with E-state index in [1.54, 1.807) is 0 Å². The first-order valence-corrected chi connectivity index (χ1v) is 7.00. The first-order chi connectivity index (χ1) is 8.70. The SMILES string of the molecule is CNc1nc(C2CC2)nc(N(C)C2CCC2)c1C. The number of rotatable bonds is 4. The third-order valence-corrected chi connectivity index (χ3v) is 4.27. The van der Waals surface area contributed by atoms with Crippen LogP contribution in [0, 0.1) is 6.92 Å². The van der Waals surface area contributed by atoms with Gasteiger partial charge < -0.3 is 10.2 Å². The molecule has 0 aliphatic heterocycles. The van der Waals surface area contributed by atoms with Gasteiger partial charge in [-0.3, -0.25) is 0 Å². The molecule has 0 bridgehead atoms. The molecule has 0 spiro atoms.